The number of Topliss-reactive ketones (excluding diaryl/α,β-unsaturated/α-hetero) is 1. The van der Waals surface area contributed by atoms with Crippen molar-refractivity contribution in [3.8, 4) is 0 Å². The van der Waals surface area contributed by atoms with E-state index in [1.165, 1.54) is 12.1 Å². The average molecular weight is 358 g/mol. The molecule has 2 fully saturated rings. The fourth-order valence-corrected chi connectivity index (χ4v) is 4.04. The first-order chi connectivity index (χ1) is 10.1. The summed E-state index contributed by atoms with van der Waals surface area (Å²) in [5, 5.41) is 0. The molecule has 5 heteroatoms. The van der Waals surface area contributed by atoms with Gasteiger partial charge in [-0.05, 0) is 60.3 Å². The maximum absolute atomic E-state index is 14.1. The number of carbonyl (C=O) groups is 1. The molecule has 1 aliphatic heterocycles. The van der Waals surface area contributed by atoms with Gasteiger partial charge in [0.25, 0.3) is 0 Å². The molecule has 2 nitrogen and oxygen atoms in total. The molecule has 0 amide bonds. The van der Waals surface area contributed by atoms with E-state index in [2.05, 4.69) is 20.8 Å². The van der Waals surface area contributed by atoms with Crippen LogP contribution >= 0.6 is 15.9 Å². The van der Waals surface area contributed by atoms with Crippen molar-refractivity contribution in [1.82, 2.24) is 4.90 Å². The van der Waals surface area contributed by atoms with E-state index in [1.807, 2.05) is 0 Å². The van der Waals surface area contributed by atoms with E-state index in [0.717, 1.165) is 32.2 Å². The van der Waals surface area contributed by atoms with Gasteiger partial charge in [0.2, 0.25) is 0 Å². The Morgan fingerprint density at radius 1 is 1.24 bits per heavy atom. The summed E-state index contributed by atoms with van der Waals surface area (Å²) in [4.78, 5) is 14.1. The minimum atomic E-state index is -0.529. The first-order valence-corrected chi connectivity index (χ1v) is 8.26. The van der Waals surface area contributed by atoms with E-state index in [0.29, 0.717) is 12.2 Å². The predicted octanol–water partition coefficient (Wildman–Crippen LogP) is 4.06. The van der Waals surface area contributed by atoms with Crippen molar-refractivity contribution in [3.63, 3.8) is 0 Å². The van der Waals surface area contributed by atoms with Gasteiger partial charge in [0.05, 0.1) is 4.47 Å². The molecule has 0 aromatic heterocycles. The zero-order valence-electron chi connectivity index (χ0n) is 11.7. The van der Waals surface area contributed by atoms with Crippen LogP contribution in [0, 0.1) is 17.6 Å². The second-order valence-electron chi connectivity index (χ2n) is 5.97. The van der Waals surface area contributed by atoms with Crippen molar-refractivity contribution in [1.29, 1.82) is 0 Å². The van der Waals surface area contributed by atoms with Gasteiger partial charge in [0.15, 0.2) is 0 Å². The Balaban J connectivity index is 1.81. The summed E-state index contributed by atoms with van der Waals surface area (Å²) in [6, 6.07) is 2.82. The van der Waals surface area contributed by atoms with Gasteiger partial charge in [0, 0.05) is 30.5 Å². The van der Waals surface area contributed by atoms with E-state index in [4.69, 9.17) is 0 Å². The van der Waals surface area contributed by atoms with Crippen molar-refractivity contribution < 1.29 is 13.6 Å². The van der Waals surface area contributed by atoms with E-state index >= 15 is 0 Å². The smallest absolute Gasteiger partial charge is 0.144 e. The Kier molecular flexibility index (Phi) is 4.41. The third kappa shape index (κ3) is 2.90. The minimum absolute atomic E-state index is 0.0609. The molecule has 0 spiro atoms. The number of rotatable bonds is 3. The van der Waals surface area contributed by atoms with E-state index in [9.17, 15) is 13.6 Å². The number of nitrogens with zero attached hydrogens (tertiary/aromatic N) is 1. The molecule has 1 aromatic rings. The van der Waals surface area contributed by atoms with Crippen molar-refractivity contribution in [2.45, 2.75) is 44.7 Å². The lowest BCUT2D eigenvalue weighted by Gasteiger charge is -2.28. The molecule has 1 aliphatic carbocycles. The lowest BCUT2D eigenvalue weighted by Crippen LogP contribution is -2.37. The number of likely N-dealkylation sites (tertiary alicyclic amines) is 1. The van der Waals surface area contributed by atoms with Crippen LogP contribution in [0.15, 0.2) is 16.6 Å². The molecule has 1 aromatic carbocycles. The van der Waals surface area contributed by atoms with Gasteiger partial charge in [-0.25, -0.2) is 8.78 Å². The van der Waals surface area contributed by atoms with Crippen LogP contribution in [0.3, 0.4) is 0 Å². The molecule has 0 N–H and O–H groups in total. The Morgan fingerprint density at radius 3 is 2.76 bits per heavy atom. The molecule has 114 valence electrons. The SMILES string of the molecule is O=C1CCCC1C1CCCN1Cc1c(F)ccc(Br)c1F. The Morgan fingerprint density at radius 2 is 2.05 bits per heavy atom. The molecule has 2 atom stereocenters. The maximum atomic E-state index is 14.1. The van der Waals surface area contributed by atoms with Gasteiger partial charge in [0.1, 0.15) is 17.4 Å². The van der Waals surface area contributed by atoms with Crippen LogP contribution < -0.4 is 0 Å². The highest BCUT2D eigenvalue weighted by Crippen LogP contribution is 2.35. The normalized spacial score (nSPS) is 26.7. The van der Waals surface area contributed by atoms with E-state index in [1.54, 1.807) is 0 Å². The van der Waals surface area contributed by atoms with Gasteiger partial charge in [-0.1, -0.05) is 0 Å². The number of benzene rings is 1. The van der Waals surface area contributed by atoms with Gasteiger partial charge >= 0.3 is 0 Å². The largest absolute Gasteiger partial charge is 0.299 e. The van der Waals surface area contributed by atoms with E-state index in [-0.39, 0.29) is 28.5 Å². The Labute approximate surface area is 131 Å². The quantitative estimate of drug-likeness (QED) is 0.760. The number of carbonyl (C=O) groups excluding carboxylic acids is 1. The third-order valence-corrected chi connectivity index (χ3v) is 5.34. The van der Waals surface area contributed by atoms with Crippen molar-refractivity contribution >= 4 is 21.7 Å². The van der Waals surface area contributed by atoms with Crippen LogP contribution in [0.25, 0.3) is 0 Å². The minimum Gasteiger partial charge on any atom is -0.299 e. The zero-order chi connectivity index (χ0) is 15.0. The molecule has 0 bridgehead atoms. The van der Waals surface area contributed by atoms with Gasteiger partial charge in [-0.15, -0.1) is 0 Å². The van der Waals surface area contributed by atoms with E-state index < -0.39 is 11.6 Å². The number of hydrogen-bond acceptors (Lipinski definition) is 2. The topological polar surface area (TPSA) is 20.3 Å². The average Bonchev–Trinajstić information content (AvgIpc) is 3.07. The van der Waals surface area contributed by atoms with Gasteiger partial charge in [-0.2, -0.15) is 0 Å². The summed E-state index contributed by atoms with van der Waals surface area (Å²) in [5.41, 5.74) is 0.0988. The Bertz CT molecular complexity index is 563. The van der Waals surface area contributed by atoms with Crippen LogP contribution in [0.1, 0.15) is 37.7 Å². The predicted molar refractivity (Wildman–Crippen MR) is 79.8 cm³/mol. The molecule has 1 saturated carbocycles. The fourth-order valence-electron chi connectivity index (χ4n) is 3.67. The molecule has 1 heterocycles. The summed E-state index contributed by atoms with van der Waals surface area (Å²) >= 11 is 3.11. The standard InChI is InChI=1S/C16H18BrF2NO/c17-12-6-7-13(18)11(16(12)19)9-20-8-2-4-14(20)10-3-1-5-15(10)21/h6-7,10,14H,1-5,8-9H2. The number of ketones is 1. The number of hydrogen-bond donors (Lipinski definition) is 0. The molecule has 1 saturated heterocycles. The van der Waals surface area contributed by atoms with Crippen LogP contribution in [0.4, 0.5) is 8.78 Å². The highest BCUT2D eigenvalue weighted by molar-refractivity contribution is 9.10. The maximum Gasteiger partial charge on any atom is 0.144 e. The fraction of sp³-hybridized carbons (Fsp3) is 0.562. The second kappa shape index (κ2) is 6.13. The van der Waals surface area contributed by atoms with Crippen LogP contribution in [-0.4, -0.2) is 23.3 Å². The molecule has 21 heavy (non-hydrogen) atoms. The molecule has 2 aliphatic rings. The summed E-state index contributed by atoms with van der Waals surface area (Å²) in [6.45, 7) is 1.05. The van der Waals surface area contributed by atoms with Crippen LogP contribution in [0.2, 0.25) is 0 Å². The molecule has 3 rings (SSSR count). The summed E-state index contributed by atoms with van der Waals surface area (Å²) in [5.74, 6) is -0.662. The number of halogens is 3. The lowest BCUT2D eigenvalue weighted by atomic mass is 9.95. The zero-order valence-corrected chi connectivity index (χ0v) is 13.3. The highest BCUT2D eigenvalue weighted by Gasteiger charge is 2.38. The third-order valence-electron chi connectivity index (χ3n) is 4.73. The molecule has 0 radical (unpaired) electrons. The molecular formula is C16H18BrF2NO. The Hall–Kier alpha value is -0.810. The summed E-state index contributed by atoms with van der Waals surface area (Å²) in [7, 11) is 0. The van der Waals surface area contributed by atoms with Crippen molar-refractivity contribution in [3.05, 3.63) is 33.8 Å². The highest BCUT2D eigenvalue weighted by atomic mass is 79.9. The van der Waals surface area contributed by atoms with Crippen LogP contribution in [-0.2, 0) is 11.3 Å². The lowest BCUT2D eigenvalue weighted by molar-refractivity contribution is -0.122. The second-order valence-corrected chi connectivity index (χ2v) is 6.82. The van der Waals surface area contributed by atoms with Crippen molar-refractivity contribution in [2.75, 3.05) is 6.54 Å². The first-order valence-electron chi connectivity index (χ1n) is 7.47. The summed E-state index contributed by atoms with van der Waals surface area (Å²) in [6.07, 6.45) is 4.48. The molecular weight excluding hydrogens is 340 g/mol. The van der Waals surface area contributed by atoms with Crippen LogP contribution in [0.5, 0.6) is 0 Å². The molecule has 2 unspecified atom stereocenters. The van der Waals surface area contributed by atoms with Crippen molar-refractivity contribution in [2.24, 2.45) is 5.92 Å². The van der Waals surface area contributed by atoms with Gasteiger partial charge in [-0.3, -0.25) is 9.69 Å². The van der Waals surface area contributed by atoms with Gasteiger partial charge < -0.3 is 0 Å². The summed E-state index contributed by atoms with van der Waals surface area (Å²) < 4.78 is 28.3. The first kappa shape index (κ1) is 15.1. The monoisotopic (exact) mass is 357 g/mol.